The first-order chi connectivity index (χ1) is 14.1. The van der Waals surface area contributed by atoms with Gasteiger partial charge in [-0.3, -0.25) is 0 Å². The molecule has 10 heteroatoms. The second kappa shape index (κ2) is 8.31. The molecule has 0 spiro atoms. The molecule has 1 heterocycles. The summed E-state index contributed by atoms with van der Waals surface area (Å²) >= 11 is 0. The number of hydrogen-bond acceptors (Lipinski definition) is 6. The molecule has 0 bridgehead atoms. The fraction of sp³-hybridized carbons (Fsp3) is 0.200. The number of nitrogens with zero attached hydrogens (tertiary/aromatic N) is 2. The first-order valence-corrected chi connectivity index (χ1v) is 10.6. The first-order valence-electron chi connectivity index (χ1n) is 8.70. The predicted octanol–water partition coefficient (Wildman–Crippen LogP) is 4.19. The van der Waals surface area contributed by atoms with Gasteiger partial charge in [-0.05, 0) is 35.9 Å². The van der Waals surface area contributed by atoms with Crippen molar-refractivity contribution in [3.8, 4) is 17.0 Å². The van der Waals surface area contributed by atoms with Gasteiger partial charge in [-0.25, -0.2) is 18.4 Å². The standard InChI is InChI=1S/C20H18F3N3O3S/c1-29-15-7-3-13(4-8-15)12-24-19-25-17(11-18(26-19)20(21,22)23)14-5-9-16(10-6-14)30(2,27)28/h3-11H,12H2,1-2H3,(H,24,25,26). The molecule has 30 heavy (non-hydrogen) atoms. The van der Waals surface area contributed by atoms with Crippen molar-refractivity contribution in [2.75, 3.05) is 18.7 Å². The van der Waals surface area contributed by atoms with Gasteiger partial charge in [0, 0.05) is 18.4 Å². The highest BCUT2D eigenvalue weighted by atomic mass is 32.2. The lowest BCUT2D eigenvalue weighted by Gasteiger charge is -2.12. The summed E-state index contributed by atoms with van der Waals surface area (Å²) in [6.45, 7) is 0.206. The summed E-state index contributed by atoms with van der Waals surface area (Å²) in [7, 11) is -1.88. The minimum Gasteiger partial charge on any atom is -0.497 e. The summed E-state index contributed by atoms with van der Waals surface area (Å²) in [5.41, 5.74) is 0.0604. The number of rotatable bonds is 6. The Kier molecular flexibility index (Phi) is 5.97. The topological polar surface area (TPSA) is 81.2 Å². The Morgan fingerprint density at radius 1 is 1.00 bits per heavy atom. The van der Waals surface area contributed by atoms with E-state index in [1.807, 2.05) is 0 Å². The number of benzene rings is 2. The van der Waals surface area contributed by atoms with Crippen molar-refractivity contribution < 1.29 is 26.3 Å². The molecule has 0 atom stereocenters. The molecule has 6 nitrogen and oxygen atoms in total. The van der Waals surface area contributed by atoms with Gasteiger partial charge in [-0.15, -0.1) is 0 Å². The maximum atomic E-state index is 13.3. The Bertz CT molecular complexity index is 1130. The molecule has 158 valence electrons. The molecule has 0 aliphatic carbocycles. The van der Waals surface area contributed by atoms with Gasteiger partial charge in [0.15, 0.2) is 15.5 Å². The lowest BCUT2D eigenvalue weighted by atomic mass is 10.1. The molecule has 0 fully saturated rings. The second-order valence-corrected chi connectivity index (χ2v) is 8.47. The van der Waals surface area contributed by atoms with Gasteiger partial charge in [0.2, 0.25) is 5.95 Å². The SMILES string of the molecule is COc1ccc(CNc2nc(-c3ccc(S(C)(=O)=O)cc3)cc(C(F)(F)F)n2)cc1. The van der Waals surface area contributed by atoms with E-state index in [0.717, 1.165) is 17.9 Å². The van der Waals surface area contributed by atoms with Gasteiger partial charge in [-0.1, -0.05) is 24.3 Å². The van der Waals surface area contributed by atoms with Gasteiger partial charge < -0.3 is 10.1 Å². The molecule has 0 unspecified atom stereocenters. The number of sulfone groups is 1. The fourth-order valence-electron chi connectivity index (χ4n) is 2.62. The van der Waals surface area contributed by atoms with Crippen molar-refractivity contribution in [3.63, 3.8) is 0 Å². The minimum absolute atomic E-state index is 0.0228. The second-order valence-electron chi connectivity index (χ2n) is 6.46. The summed E-state index contributed by atoms with van der Waals surface area (Å²) in [5.74, 6) is 0.469. The summed E-state index contributed by atoms with van der Waals surface area (Å²) in [4.78, 5) is 7.79. The van der Waals surface area contributed by atoms with Crippen LogP contribution < -0.4 is 10.1 Å². The van der Waals surface area contributed by atoms with Crippen LogP contribution in [0.15, 0.2) is 59.5 Å². The highest BCUT2D eigenvalue weighted by molar-refractivity contribution is 7.90. The zero-order valence-corrected chi connectivity index (χ0v) is 16.9. The van der Waals surface area contributed by atoms with Crippen LogP contribution in [-0.2, 0) is 22.6 Å². The van der Waals surface area contributed by atoms with Gasteiger partial charge >= 0.3 is 6.18 Å². The average Bonchev–Trinajstić information content (AvgIpc) is 2.71. The van der Waals surface area contributed by atoms with Gasteiger partial charge in [0.25, 0.3) is 0 Å². The summed E-state index contributed by atoms with van der Waals surface area (Å²) in [6.07, 6.45) is -3.61. The highest BCUT2D eigenvalue weighted by Crippen LogP contribution is 2.31. The van der Waals surface area contributed by atoms with E-state index >= 15 is 0 Å². The van der Waals surface area contributed by atoms with Crippen LogP contribution in [-0.4, -0.2) is 31.8 Å². The van der Waals surface area contributed by atoms with E-state index in [0.29, 0.717) is 11.3 Å². The number of hydrogen-bond donors (Lipinski definition) is 1. The van der Waals surface area contributed by atoms with E-state index in [4.69, 9.17) is 4.74 Å². The zero-order chi connectivity index (χ0) is 21.9. The molecule has 3 aromatic rings. The number of aromatic nitrogens is 2. The minimum atomic E-state index is -4.67. The van der Waals surface area contributed by atoms with E-state index < -0.39 is 21.7 Å². The zero-order valence-electron chi connectivity index (χ0n) is 16.1. The lowest BCUT2D eigenvalue weighted by molar-refractivity contribution is -0.141. The van der Waals surface area contributed by atoms with Crippen molar-refractivity contribution in [2.24, 2.45) is 0 Å². The third-order valence-electron chi connectivity index (χ3n) is 4.20. The molecule has 0 aliphatic heterocycles. The monoisotopic (exact) mass is 437 g/mol. The predicted molar refractivity (Wildman–Crippen MR) is 106 cm³/mol. The number of anilines is 1. The molecular formula is C20H18F3N3O3S. The molecule has 3 rings (SSSR count). The molecule has 0 saturated heterocycles. The van der Waals surface area contributed by atoms with Gasteiger partial charge in [0.05, 0.1) is 17.7 Å². The smallest absolute Gasteiger partial charge is 0.433 e. The Balaban J connectivity index is 1.91. The van der Waals surface area contributed by atoms with E-state index in [1.165, 1.54) is 31.4 Å². The average molecular weight is 437 g/mol. The van der Waals surface area contributed by atoms with Gasteiger partial charge in [-0.2, -0.15) is 13.2 Å². The molecule has 0 radical (unpaired) electrons. The van der Waals surface area contributed by atoms with Crippen molar-refractivity contribution in [3.05, 3.63) is 65.9 Å². The molecule has 1 aromatic heterocycles. The van der Waals surface area contributed by atoms with Gasteiger partial charge in [0.1, 0.15) is 5.75 Å². The van der Waals surface area contributed by atoms with Crippen molar-refractivity contribution in [2.45, 2.75) is 17.6 Å². The molecule has 1 N–H and O–H groups in total. The summed E-state index contributed by atoms with van der Waals surface area (Å²) in [6, 6.07) is 13.3. The summed E-state index contributed by atoms with van der Waals surface area (Å²) < 4.78 is 68.2. The lowest BCUT2D eigenvalue weighted by Crippen LogP contribution is -2.12. The maximum Gasteiger partial charge on any atom is 0.433 e. The molecule has 0 aliphatic rings. The van der Waals surface area contributed by atoms with Crippen LogP contribution in [0, 0.1) is 0 Å². The Morgan fingerprint density at radius 2 is 1.63 bits per heavy atom. The Hall–Kier alpha value is -3.14. The normalized spacial score (nSPS) is 11.9. The van der Waals surface area contributed by atoms with Crippen LogP contribution in [0.4, 0.5) is 19.1 Å². The van der Waals surface area contributed by atoms with Crippen LogP contribution >= 0.6 is 0 Å². The third-order valence-corrected chi connectivity index (χ3v) is 5.33. The number of halogens is 3. The van der Waals surface area contributed by atoms with E-state index in [2.05, 4.69) is 15.3 Å². The van der Waals surface area contributed by atoms with Crippen molar-refractivity contribution >= 4 is 15.8 Å². The Morgan fingerprint density at radius 3 is 2.17 bits per heavy atom. The largest absolute Gasteiger partial charge is 0.497 e. The number of ether oxygens (including phenoxy) is 1. The maximum absolute atomic E-state index is 13.3. The van der Waals surface area contributed by atoms with E-state index in [-0.39, 0.29) is 23.1 Å². The van der Waals surface area contributed by atoms with E-state index in [1.54, 1.807) is 24.3 Å². The number of methoxy groups -OCH3 is 1. The molecule has 0 saturated carbocycles. The third kappa shape index (κ3) is 5.26. The van der Waals surface area contributed by atoms with Crippen LogP contribution in [0.1, 0.15) is 11.3 Å². The Labute approximate surface area is 171 Å². The molecule has 2 aromatic carbocycles. The van der Waals surface area contributed by atoms with Crippen molar-refractivity contribution in [1.82, 2.24) is 9.97 Å². The van der Waals surface area contributed by atoms with E-state index in [9.17, 15) is 21.6 Å². The van der Waals surface area contributed by atoms with Crippen LogP contribution in [0.2, 0.25) is 0 Å². The number of nitrogens with one attached hydrogen (secondary N) is 1. The summed E-state index contributed by atoms with van der Waals surface area (Å²) in [5, 5.41) is 2.80. The molecule has 0 amide bonds. The van der Waals surface area contributed by atoms with Crippen molar-refractivity contribution in [1.29, 1.82) is 0 Å². The van der Waals surface area contributed by atoms with Crippen LogP contribution in [0.5, 0.6) is 5.75 Å². The first kappa shape index (κ1) is 21.6. The quantitative estimate of drug-likeness (QED) is 0.623. The van der Waals surface area contributed by atoms with Crippen LogP contribution in [0.25, 0.3) is 11.3 Å². The number of alkyl halides is 3. The fourth-order valence-corrected chi connectivity index (χ4v) is 3.25. The van der Waals surface area contributed by atoms with Crippen LogP contribution in [0.3, 0.4) is 0 Å². The molecular weight excluding hydrogens is 419 g/mol. The highest BCUT2D eigenvalue weighted by Gasteiger charge is 2.33.